The zero-order chi connectivity index (χ0) is 13.3. The molecule has 1 amide bonds. The summed E-state index contributed by atoms with van der Waals surface area (Å²) < 4.78 is 0. The molecule has 6 nitrogen and oxygen atoms in total. The first-order valence-corrected chi connectivity index (χ1v) is 5.78. The normalized spacial score (nSPS) is 16.1. The van der Waals surface area contributed by atoms with Crippen LogP contribution in [-0.4, -0.2) is 15.9 Å². The Bertz CT molecular complexity index is 497. The van der Waals surface area contributed by atoms with Gasteiger partial charge in [0.15, 0.2) is 5.69 Å². The van der Waals surface area contributed by atoms with Crippen LogP contribution in [0.15, 0.2) is 18.2 Å². The molecule has 0 aliphatic heterocycles. The molecule has 1 atom stereocenters. The fourth-order valence-electron chi connectivity index (χ4n) is 1.86. The number of aromatic hydroxyl groups is 1. The van der Waals surface area contributed by atoms with E-state index >= 15 is 0 Å². The number of hydrogen-bond donors (Lipinski definition) is 2. The van der Waals surface area contributed by atoms with Crippen molar-refractivity contribution in [3.8, 4) is 5.75 Å². The number of carbonyl (C=O) groups is 1. The highest BCUT2D eigenvalue weighted by Crippen LogP contribution is 2.38. The molecule has 0 spiro atoms. The molecule has 18 heavy (non-hydrogen) atoms. The minimum atomic E-state index is -0.628. The van der Waals surface area contributed by atoms with Crippen LogP contribution < -0.4 is 5.32 Å². The number of hydrogen-bond acceptors (Lipinski definition) is 4. The fraction of sp³-hybridized carbons (Fsp3) is 0.417. The van der Waals surface area contributed by atoms with E-state index < -0.39 is 4.92 Å². The summed E-state index contributed by atoms with van der Waals surface area (Å²) in [6.07, 6.45) is 2.02. The van der Waals surface area contributed by atoms with Crippen LogP contribution in [-0.2, 0) is 4.79 Å². The number of nitrogens with one attached hydrogen (secondary N) is 1. The zero-order valence-corrected chi connectivity index (χ0v) is 9.92. The Kier molecular flexibility index (Phi) is 3.18. The second-order valence-corrected chi connectivity index (χ2v) is 4.54. The highest BCUT2D eigenvalue weighted by Gasteiger charge is 2.33. The lowest BCUT2D eigenvalue weighted by atomic mass is 10.1. The average Bonchev–Trinajstić information content (AvgIpc) is 3.14. The Hall–Kier alpha value is -2.11. The third kappa shape index (κ3) is 2.42. The first-order chi connectivity index (χ1) is 8.50. The van der Waals surface area contributed by atoms with Gasteiger partial charge in [0.25, 0.3) is 5.69 Å². The van der Waals surface area contributed by atoms with E-state index in [1.807, 2.05) is 0 Å². The Morgan fingerprint density at radius 2 is 2.22 bits per heavy atom. The minimum Gasteiger partial charge on any atom is -0.505 e. The lowest BCUT2D eigenvalue weighted by molar-refractivity contribution is -0.384. The summed E-state index contributed by atoms with van der Waals surface area (Å²) in [5.41, 5.74) is -0.425. The number of nitrogens with zero attached hydrogens (tertiary/aromatic N) is 1. The summed E-state index contributed by atoms with van der Waals surface area (Å²) in [6, 6.07) is 3.93. The number of rotatable bonds is 4. The number of anilines is 1. The molecule has 0 saturated heterocycles. The molecule has 2 rings (SSSR count). The Morgan fingerprint density at radius 1 is 1.56 bits per heavy atom. The van der Waals surface area contributed by atoms with Crippen LogP contribution in [0.5, 0.6) is 5.75 Å². The van der Waals surface area contributed by atoms with Crippen LogP contribution in [0, 0.1) is 22.0 Å². The van der Waals surface area contributed by atoms with Crippen LogP contribution in [0.1, 0.15) is 19.8 Å². The van der Waals surface area contributed by atoms with Gasteiger partial charge in [0.1, 0.15) is 5.75 Å². The maximum absolute atomic E-state index is 11.9. The van der Waals surface area contributed by atoms with Crippen molar-refractivity contribution in [2.75, 3.05) is 5.32 Å². The van der Waals surface area contributed by atoms with E-state index in [9.17, 15) is 20.0 Å². The highest BCUT2D eigenvalue weighted by atomic mass is 16.6. The summed E-state index contributed by atoms with van der Waals surface area (Å²) in [7, 11) is 0. The summed E-state index contributed by atoms with van der Waals surface area (Å²) in [4.78, 5) is 22.1. The largest absolute Gasteiger partial charge is 0.505 e. The van der Waals surface area contributed by atoms with Gasteiger partial charge in [-0.2, -0.15) is 0 Å². The molecular weight excluding hydrogens is 236 g/mol. The van der Waals surface area contributed by atoms with E-state index in [0.717, 1.165) is 12.8 Å². The van der Waals surface area contributed by atoms with Gasteiger partial charge in [0, 0.05) is 12.0 Å². The number of nitro groups is 1. The molecular formula is C12H14N2O4. The summed E-state index contributed by atoms with van der Waals surface area (Å²) >= 11 is 0. The molecule has 1 aliphatic carbocycles. The molecule has 1 aliphatic rings. The van der Waals surface area contributed by atoms with E-state index in [4.69, 9.17) is 0 Å². The monoisotopic (exact) mass is 250 g/mol. The molecule has 0 aromatic heterocycles. The second-order valence-electron chi connectivity index (χ2n) is 4.54. The Morgan fingerprint density at radius 3 is 2.78 bits per heavy atom. The van der Waals surface area contributed by atoms with Gasteiger partial charge >= 0.3 is 0 Å². The minimum absolute atomic E-state index is 0.125. The van der Waals surface area contributed by atoms with Crippen LogP contribution in [0.3, 0.4) is 0 Å². The van der Waals surface area contributed by atoms with Crippen molar-refractivity contribution < 1.29 is 14.8 Å². The molecule has 96 valence electrons. The molecule has 1 unspecified atom stereocenters. The molecule has 1 aromatic carbocycles. The van der Waals surface area contributed by atoms with E-state index in [1.165, 1.54) is 18.2 Å². The maximum atomic E-state index is 11.9. The van der Waals surface area contributed by atoms with Gasteiger partial charge in [0.05, 0.1) is 4.92 Å². The number of para-hydroxylation sites is 1. The molecule has 0 radical (unpaired) electrons. The van der Waals surface area contributed by atoms with Crippen molar-refractivity contribution in [1.29, 1.82) is 0 Å². The van der Waals surface area contributed by atoms with Gasteiger partial charge in [0.2, 0.25) is 5.91 Å². The van der Waals surface area contributed by atoms with Gasteiger partial charge in [-0.3, -0.25) is 14.9 Å². The molecule has 0 bridgehead atoms. The average molecular weight is 250 g/mol. The van der Waals surface area contributed by atoms with E-state index in [2.05, 4.69) is 5.32 Å². The predicted octanol–water partition coefficient (Wildman–Crippen LogP) is 2.29. The van der Waals surface area contributed by atoms with Crippen molar-refractivity contribution in [1.82, 2.24) is 0 Å². The van der Waals surface area contributed by atoms with Gasteiger partial charge in [-0.15, -0.1) is 0 Å². The molecule has 2 N–H and O–H groups in total. The lowest BCUT2D eigenvalue weighted by Crippen LogP contribution is -2.22. The Labute approximate surface area is 104 Å². The predicted molar refractivity (Wildman–Crippen MR) is 65.3 cm³/mol. The lowest BCUT2D eigenvalue weighted by Gasteiger charge is -2.12. The van der Waals surface area contributed by atoms with Gasteiger partial charge in [-0.1, -0.05) is 13.0 Å². The van der Waals surface area contributed by atoms with Gasteiger partial charge in [-0.25, -0.2) is 0 Å². The van der Waals surface area contributed by atoms with Crippen LogP contribution in [0.4, 0.5) is 11.4 Å². The Balaban J connectivity index is 2.22. The number of amides is 1. The van der Waals surface area contributed by atoms with E-state index in [1.54, 1.807) is 6.92 Å². The van der Waals surface area contributed by atoms with Crippen LogP contribution in [0.2, 0.25) is 0 Å². The highest BCUT2D eigenvalue weighted by molar-refractivity contribution is 5.96. The molecule has 1 fully saturated rings. The third-order valence-corrected chi connectivity index (χ3v) is 3.21. The fourth-order valence-corrected chi connectivity index (χ4v) is 1.86. The van der Waals surface area contributed by atoms with Gasteiger partial charge in [-0.05, 0) is 24.8 Å². The number of phenols is 1. The van der Waals surface area contributed by atoms with E-state index in [-0.39, 0.29) is 28.9 Å². The van der Waals surface area contributed by atoms with Crippen molar-refractivity contribution in [3.05, 3.63) is 28.3 Å². The number of phenolic OH excluding ortho intramolecular Hbond substituents is 1. The standard InChI is InChI=1S/C12H14N2O4/c1-7(8-5-6-8)12(16)13-11-9(14(17)18)3-2-4-10(11)15/h2-4,7-8,15H,5-6H2,1H3,(H,13,16). The number of nitro benzene ring substituents is 1. The summed E-state index contributed by atoms with van der Waals surface area (Å²) in [6.45, 7) is 1.79. The van der Waals surface area contributed by atoms with Crippen molar-refractivity contribution >= 4 is 17.3 Å². The molecule has 0 heterocycles. The molecule has 1 aromatic rings. The summed E-state index contributed by atoms with van der Waals surface area (Å²) in [5, 5.41) is 22.9. The van der Waals surface area contributed by atoms with Gasteiger partial charge < -0.3 is 10.4 Å². The van der Waals surface area contributed by atoms with Crippen LogP contribution in [0.25, 0.3) is 0 Å². The zero-order valence-electron chi connectivity index (χ0n) is 9.92. The van der Waals surface area contributed by atoms with Crippen LogP contribution >= 0.6 is 0 Å². The first kappa shape index (κ1) is 12.3. The quantitative estimate of drug-likeness (QED) is 0.487. The number of benzene rings is 1. The van der Waals surface area contributed by atoms with Crippen molar-refractivity contribution in [3.63, 3.8) is 0 Å². The SMILES string of the molecule is CC(C(=O)Nc1c(O)cccc1[N+](=O)[O-])C1CC1. The van der Waals surface area contributed by atoms with Crippen molar-refractivity contribution in [2.45, 2.75) is 19.8 Å². The van der Waals surface area contributed by atoms with E-state index in [0.29, 0.717) is 5.92 Å². The van der Waals surface area contributed by atoms with Crippen molar-refractivity contribution in [2.24, 2.45) is 11.8 Å². The number of carbonyl (C=O) groups excluding carboxylic acids is 1. The second kappa shape index (κ2) is 4.64. The third-order valence-electron chi connectivity index (χ3n) is 3.21. The molecule has 1 saturated carbocycles. The maximum Gasteiger partial charge on any atom is 0.296 e. The topological polar surface area (TPSA) is 92.5 Å². The molecule has 6 heteroatoms. The summed E-state index contributed by atoms with van der Waals surface area (Å²) in [5.74, 6) is -0.415. The smallest absolute Gasteiger partial charge is 0.296 e. The first-order valence-electron chi connectivity index (χ1n) is 5.78.